The van der Waals surface area contributed by atoms with E-state index in [0.717, 1.165) is 12.8 Å². The van der Waals surface area contributed by atoms with Gasteiger partial charge in [-0.2, -0.15) is 8.42 Å². The van der Waals surface area contributed by atoms with E-state index in [-0.39, 0.29) is 17.6 Å². The van der Waals surface area contributed by atoms with Crippen LogP contribution in [0, 0.1) is 5.92 Å². The highest BCUT2D eigenvalue weighted by Crippen LogP contribution is 2.18. The van der Waals surface area contributed by atoms with Crippen LogP contribution in [0.15, 0.2) is 12.7 Å². The lowest BCUT2D eigenvalue weighted by Crippen LogP contribution is -2.41. The van der Waals surface area contributed by atoms with Crippen molar-refractivity contribution in [2.24, 2.45) is 5.92 Å². The van der Waals surface area contributed by atoms with Gasteiger partial charge in [-0.3, -0.25) is 9.35 Å². The second-order valence-corrected chi connectivity index (χ2v) is 5.24. The third kappa shape index (κ3) is 4.01. The fourth-order valence-corrected chi connectivity index (χ4v) is 2.70. The summed E-state index contributed by atoms with van der Waals surface area (Å²) >= 11 is 0. The SMILES string of the molecule is C=CC(=O)N1CCCC(CS(=O)(=O)O)C1. The summed E-state index contributed by atoms with van der Waals surface area (Å²) in [5, 5.41) is 0. The fourth-order valence-electron chi connectivity index (χ4n) is 1.83. The number of hydrogen-bond acceptors (Lipinski definition) is 3. The lowest BCUT2D eigenvalue weighted by Gasteiger charge is -2.31. The van der Waals surface area contributed by atoms with E-state index < -0.39 is 10.1 Å². The zero-order valence-corrected chi connectivity index (χ0v) is 9.24. The predicted octanol–water partition coefficient (Wildman–Crippen LogP) is 0.299. The van der Waals surface area contributed by atoms with Gasteiger partial charge in [0, 0.05) is 13.1 Å². The van der Waals surface area contributed by atoms with Gasteiger partial charge in [0.2, 0.25) is 5.91 Å². The Bertz CT molecular complexity index is 349. The van der Waals surface area contributed by atoms with E-state index in [1.165, 1.54) is 6.08 Å². The van der Waals surface area contributed by atoms with Gasteiger partial charge in [0.15, 0.2) is 0 Å². The van der Waals surface area contributed by atoms with Crippen LogP contribution in [0.1, 0.15) is 12.8 Å². The Morgan fingerprint density at radius 2 is 2.27 bits per heavy atom. The summed E-state index contributed by atoms with van der Waals surface area (Å²) < 4.78 is 30.1. The van der Waals surface area contributed by atoms with Crippen molar-refractivity contribution in [3.05, 3.63) is 12.7 Å². The Morgan fingerprint density at radius 1 is 1.60 bits per heavy atom. The minimum Gasteiger partial charge on any atom is -0.339 e. The molecule has 1 heterocycles. The van der Waals surface area contributed by atoms with Crippen LogP contribution < -0.4 is 0 Å². The summed E-state index contributed by atoms with van der Waals surface area (Å²) in [6, 6.07) is 0. The number of rotatable bonds is 3. The van der Waals surface area contributed by atoms with Crippen LogP contribution in [0.2, 0.25) is 0 Å². The highest BCUT2D eigenvalue weighted by atomic mass is 32.2. The zero-order chi connectivity index (χ0) is 11.5. The number of hydrogen-bond donors (Lipinski definition) is 1. The van der Waals surface area contributed by atoms with Crippen molar-refractivity contribution >= 4 is 16.0 Å². The molecule has 0 aromatic carbocycles. The molecule has 0 saturated carbocycles. The van der Waals surface area contributed by atoms with Gasteiger partial charge in [0.25, 0.3) is 10.1 Å². The molecule has 1 aliphatic rings. The van der Waals surface area contributed by atoms with E-state index in [0.29, 0.717) is 13.1 Å². The molecule has 6 heteroatoms. The largest absolute Gasteiger partial charge is 0.339 e. The Balaban J connectivity index is 2.56. The van der Waals surface area contributed by atoms with Gasteiger partial charge in [-0.25, -0.2) is 0 Å². The van der Waals surface area contributed by atoms with Gasteiger partial charge in [-0.05, 0) is 24.8 Å². The number of nitrogens with zero attached hydrogens (tertiary/aromatic N) is 1. The average Bonchev–Trinajstić information content (AvgIpc) is 2.14. The fraction of sp³-hybridized carbons (Fsp3) is 0.667. The van der Waals surface area contributed by atoms with E-state index in [1.54, 1.807) is 4.90 Å². The van der Waals surface area contributed by atoms with E-state index in [2.05, 4.69) is 6.58 Å². The van der Waals surface area contributed by atoms with Gasteiger partial charge in [-0.15, -0.1) is 0 Å². The van der Waals surface area contributed by atoms with Crippen molar-refractivity contribution in [1.29, 1.82) is 0 Å². The van der Waals surface area contributed by atoms with Crippen LogP contribution in [0.3, 0.4) is 0 Å². The summed E-state index contributed by atoms with van der Waals surface area (Å²) in [4.78, 5) is 12.8. The van der Waals surface area contributed by atoms with Gasteiger partial charge < -0.3 is 4.90 Å². The van der Waals surface area contributed by atoms with Crippen molar-refractivity contribution in [2.45, 2.75) is 12.8 Å². The molecule has 0 bridgehead atoms. The monoisotopic (exact) mass is 233 g/mol. The third-order valence-electron chi connectivity index (χ3n) is 2.45. The van der Waals surface area contributed by atoms with Crippen molar-refractivity contribution < 1.29 is 17.8 Å². The molecule has 1 rings (SSSR count). The maximum atomic E-state index is 11.3. The Morgan fingerprint density at radius 3 is 2.80 bits per heavy atom. The summed E-state index contributed by atoms with van der Waals surface area (Å²) in [5.74, 6) is -0.624. The molecule has 1 atom stereocenters. The number of carbonyl (C=O) groups is 1. The molecule has 0 radical (unpaired) electrons. The third-order valence-corrected chi connectivity index (χ3v) is 3.34. The molecular weight excluding hydrogens is 218 g/mol. The van der Waals surface area contributed by atoms with E-state index >= 15 is 0 Å². The topological polar surface area (TPSA) is 74.7 Å². The maximum absolute atomic E-state index is 11.3. The molecule has 1 fully saturated rings. The first-order chi connectivity index (χ1) is 6.92. The van der Waals surface area contributed by atoms with Crippen molar-refractivity contribution in [1.82, 2.24) is 4.90 Å². The minimum absolute atomic E-state index is 0.169. The molecule has 1 unspecified atom stereocenters. The predicted molar refractivity (Wildman–Crippen MR) is 55.9 cm³/mol. The molecule has 15 heavy (non-hydrogen) atoms. The highest BCUT2D eigenvalue weighted by Gasteiger charge is 2.25. The number of likely N-dealkylation sites (tertiary alicyclic amines) is 1. The van der Waals surface area contributed by atoms with Gasteiger partial charge in [0.1, 0.15) is 0 Å². The molecule has 1 aliphatic heterocycles. The van der Waals surface area contributed by atoms with Crippen molar-refractivity contribution in [3.8, 4) is 0 Å². The summed E-state index contributed by atoms with van der Waals surface area (Å²) in [6.45, 7) is 4.39. The lowest BCUT2D eigenvalue weighted by molar-refractivity contribution is -0.127. The molecule has 5 nitrogen and oxygen atoms in total. The summed E-state index contributed by atoms with van der Waals surface area (Å²) in [7, 11) is -3.94. The molecule has 0 aromatic heterocycles. The Kier molecular flexibility index (Phi) is 3.87. The number of amides is 1. The van der Waals surface area contributed by atoms with Crippen LogP contribution >= 0.6 is 0 Å². The van der Waals surface area contributed by atoms with Crippen LogP contribution in [-0.2, 0) is 14.9 Å². The minimum atomic E-state index is -3.94. The standard InChI is InChI=1S/C9H15NO4S/c1-2-9(11)10-5-3-4-8(6-10)7-15(12,13)14/h2,8H,1,3-7H2,(H,12,13,14). The quantitative estimate of drug-likeness (QED) is 0.562. The van der Waals surface area contributed by atoms with Crippen molar-refractivity contribution in [3.63, 3.8) is 0 Å². The molecule has 1 saturated heterocycles. The normalized spacial score (nSPS) is 22.5. The summed E-state index contributed by atoms with van der Waals surface area (Å²) in [6.07, 6.45) is 2.70. The lowest BCUT2D eigenvalue weighted by atomic mass is 10.00. The zero-order valence-electron chi connectivity index (χ0n) is 8.42. The smallest absolute Gasteiger partial charge is 0.265 e. The molecular formula is C9H15NO4S. The maximum Gasteiger partial charge on any atom is 0.265 e. The van der Waals surface area contributed by atoms with E-state index in [9.17, 15) is 13.2 Å². The van der Waals surface area contributed by atoms with Crippen LogP contribution in [-0.4, -0.2) is 42.6 Å². The van der Waals surface area contributed by atoms with Gasteiger partial charge in [-0.1, -0.05) is 6.58 Å². The molecule has 0 aliphatic carbocycles. The Labute approximate surface area is 89.5 Å². The second kappa shape index (κ2) is 4.76. The second-order valence-electron chi connectivity index (χ2n) is 3.75. The van der Waals surface area contributed by atoms with E-state index in [1.807, 2.05) is 0 Å². The van der Waals surface area contributed by atoms with E-state index in [4.69, 9.17) is 4.55 Å². The summed E-state index contributed by atoms with van der Waals surface area (Å²) in [5.41, 5.74) is 0. The highest BCUT2D eigenvalue weighted by molar-refractivity contribution is 7.85. The number of carbonyl (C=O) groups excluding carboxylic acids is 1. The van der Waals surface area contributed by atoms with Crippen LogP contribution in [0.4, 0.5) is 0 Å². The first kappa shape index (κ1) is 12.2. The van der Waals surface area contributed by atoms with Gasteiger partial charge >= 0.3 is 0 Å². The first-order valence-corrected chi connectivity index (χ1v) is 6.40. The first-order valence-electron chi connectivity index (χ1n) is 4.79. The Hall–Kier alpha value is -0.880. The molecule has 0 spiro atoms. The van der Waals surface area contributed by atoms with Crippen molar-refractivity contribution in [2.75, 3.05) is 18.8 Å². The molecule has 1 N–H and O–H groups in total. The van der Waals surface area contributed by atoms with Gasteiger partial charge in [0.05, 0.1) is 5.75 Å². The van der Waals surface area contributed by atoms with Crippen LogP contribution in [0.25, 0.3) is 0 Å². The average molecular weight is 233 g/mol. The molecule has 0 aromatic rings. The number of piperidine rings is 1. The molecule has 1 amide bonds. The molecule has 86 valence electrons. The van der Waals surface area contributed by atoms with Crippen LogP contribution in [0.5, 0.6) is 0 Å².